The van der Waals surface area contributed by atoms with Crippen LogP contribution in [0.2, 0.25) is 0 Å². The molecule has 1 aliphatic rings. The predicted octanol–water partition coefficient (Wildman–Crippen LogP) is 3.00. The van der Waals surface area contributed by atoms with E-state index in [0.29, 0.717) is 18.1 Å². The number of nitrogens with one attached hydrogen (secondary N) is 1. The molecular formula is C17H28N2O. The predicted molar refractivity (Wildman–Crippen MR) is 84.4 cm³/mol. The van der Waals surface area contributed by atoms with Crippen LogP contribution in [-0.2, 0) is 6.42 Å². The highest BCUT2D eigenvalue weighted by atomic mass is 16.5. The largest absolute Gasteiger partial charge is 0.497 e. The summed E-state index contributed by atoms with van der Waals surface area (Å²) in [7, 11) is 3.99. The van der Waals surface area contributed by atoms with Crippen molar-refractivity contribution in [2.75, 3.05) is 20.7 Å². The van der Waals surface area contributed by atoms with Gasteiger partial charge in [0.2, 0.25) is 0 Å². The Labute approximate surface area is 123 Å². The van der Waals surface area contributed by atoms with Gasteiger partial charge >= 0.3 is 0 Å². The molecule has 0 saturated carbocycles. The fraction of sp³-hybridized carbons (Fsp3) is 0.647. The Morgan fingerprint density at radius 2 is 2.15 bits per heavy atom. The topological polar surface area (TPSA) is 24.5 Å². The van der Waals surface area contributed by atoms with E-state index < -0.39 is 0 Å². The minimum Gasteiger partial charge on any atom is -0.497 e. The second-order valence-corrected chi connectivity index (χ2v) is 5.79. The van der Waals surface area contributed by atoms with E-state index in [0.717, 1.165) is 18.7 Å². The summed E-state index contributed by atoms with van der Waals surface area (Å²) in [6.07, 6.45) is 2.31. The van der Waals surface area contributed by atoms with Crippen molar-refractivity contribution in [2.45, 2.75) is 51.7 Å². The summed E-state index contributed by atoms with van der Waals surface area (Å²) in [5, 5.41) is 3.66. The normalized spacial score (nSPS) is 22.9. The van der Waals surface area contributed by atoms with Crippen molar-refractivity contribution in [1.29, 1.82) is 0 Å². The average molecular weight is 276 g/mol. The molecule has 1 N–H and O–H groups in total. The Hall–Kier alpha value is -1.06. The molecule has 1 aromatic carbocycles. The van der Waals surface area contributed by atoms with Gasteiger partial charge in [0.15, 0.2) is 0 Å². The molecule has 0 amide bonds. The molecule has 0 spiro atoms. The van der Waals surface area contributed by atoms with Gasteiger partial charge in [-0.25, -0.2) is 0 Å². The zero-order valence-electron chi connectivity index (χ0n) is 13.4. The van der Waals surface area contributed by atoms with Crippen LogP contribution in [0, 0.1) is 0 Å². The van der Waals surface area contributed by atoms with Gasteiger partial charge in [0, 0.05) is 18.1 Å². The molecule has 3 nitrogen and oxygen atoms in total. The van der Waals surface area contributed by atoms with Crippen LogP contribution in [-0.4, -0.2) is 37.7 Å². The lowest BCUT2D eigenvalue weighted by Gasteiger charge is -2.34. The third-order valence-electron chi connectivity index (χ3n) is 4.74. The molecule has 3 unspecified atom stereocenters. The van der Waals surface area contributed by atoms with Crippen molar-refractivity contribution in [2.24, 2.45) is 0 Å². The van der Waals surface area contributed by atoms with Gasteiger partial charge in [0.1, 0.15) is 5.75 Å². The van der Waals surface area contributed by atoms with E-state index in [1.165, 1.54) is 17.5 Å². The van der Waals surface area contributed by atoms with Crippen LogP contribution in [0.5, 0.6) is 5.75 Å². The van der Waals surface area contributed by atoms with Gasteiger partial charge in [-0.15, -0.1) is 0 Å². The number of methoxy groups -OCH3 is 1. The summed E-state index contributed by atoms with van der Waals surface area (Å²) in [4.78, 5) is 2.53. The van der Waals surface area contributed by atoms with Crippen molar-refractivity contribution in [3.63, 3.8) is 0 Å². The molecule has 0 heterocycles. The second kappa shape index (κ2) is 6.59. The van der Waals surface area contributed by atoms with E-state index >= 15 is 0 Å². The highest BCUT2D eigenvalue weighted by Gasteiger charge is 2.35. The number of nitrogens with zero attached hydrogens (tertiary/aromatic N) is 1. The summed E-state index contributed by atoms with van der Waals surface area (Å²) in [5.74, 6) is 0.957. The molecule has 112 valence electrons. The fourth-order valence-electron chi connectivity index (χ4n) is 3.19. The quantitative estimate of drug-likeness (QED) is 0.864. The monoisotopic (exact) mass is 276 g/mol. The van der Waals surface area contributed by atoms with Gasteiger partial charge < -0.3 is 10.1 Å². The van der Waals surface area contributed by atoms with Crippen LogP contribution in [0.3, 0.4) is 0 Å². The molecule has 0 saturated heterocycles. The lowest BCUT2D eigenvalue weighted by molar-refractivity contribution is 0.153. The Kier molecular flexibility index (Phi) is 5.06. The summed E-state index contributed by atoms with van der Waals surface area (Å²) in [6.45, 7) is 7.74. The first-order valence-electron chi connectivity index (χ1n) is 7.74. The highest BCUT2D eigenvalue weighted by molar-refractivity contribution is 5.42. The average Bonchev–Trinajstić information content (AvgIpc) is 2.84. The number of hydrogen-bond donors (Lipinski definition) is 1. The summed E-state index contributed by atoms with van der Waals surface area (Å²) in [6, 6.07) is 8.05. The minimum atomic E-state index is 0.407. The SMILES string of the molecule is CCNC1c2cc(OC)ccc2CC1N(C)C(C)CC. The molecule has 1 aromatic rings. The first kappa shape index (κ1) is 15.3. The van der Waals surface area contributed by atoms with Gasteiger partial charge in [-0.05, 0) is 56.6 Å². The molecule has 1 aliphatic carbocycles. The number of hydrogen-bond acceptors (Lipinski definition) is 3. The van der Waals surface area contributed by atoms with E-state index in [4.69, 9.17) is 4.74 Å². The summed E-state index contributed by atoms with van der Waals surface area (Å²) in [5.41, 5.74) is 2.86. The van der Waals surface area contributed by atoms with Crippen LogP contribution in [0.15, 0.2) is 18.2 Å². The molecule has 0 aliphatic heterocycles. The number of rotatable bonds is 6. The third kappa shape index (κ3) is 2.84. The van der Waals surface area contributed by atoms with Crippen molar-refractivity contribution in [1.82, 2.24) is 10.2 Å². The first-order chi connectivity index (χ1) is 9.62. The molecule has 2 rings (SSSR count). The van der Waals surface area contributed by atoms with E-state index in [2.05, 4.69) is 56.2 Å². The van der Waals surface area contributed by atoms with Crippen LogP contribution in [0.4, 0.5) is 0 Å². The summed E-state index contributed by atoms with van der Waals surface area (Å²) >= 11 is 0. The fourth-order valence-corrected chi connectivity index (χ4v) is 3.19. The van der Waals surface area contributed by atoms with Gasteiger partial charge in [-0.2, -0.15) is 0 Å². The van der Waals surface area contributed by atoms with E-state index in [1.54, 1.807) is 7.11 Å². The van der Waals surface area contributed by atoms with Crippen LogP contribution in [0.25, 0.3) is 0 Å². The van der Waals surface area contributed by atoms with Crippen LogP contribution in [0.1, 0.15) is 44.4 Å². The Balaban J connectivity index is 2.29. The maximum Gasteiger partial charge on any atom is 0.119 e. The van der Waals surface area contributed by atoms with Crippen LogP contribution < -0.4 is 10.1 Å². The molecule has 0 radical (unpaired) electrons. The summed E-state index contributed by atoms with van der Waals surface area (Å²) < 4.78 is 5.39. The molecular weight excluding hydrogens is 248 g/mol. The van der Waals surface area contributed by atoms with Gasteiger partial charge in [0.25, 0.3) is 0 Å². The molecule has 0 aromatic heterocycles. The zero-order valence-corrected chi connectivity index (χ0v) is 13.4. The standard InChI is InChI=1S/C17H28N2O/c1-6-12(3)19(4)16-10-13-8-9-14(20-5)11-15(13)17(16)18-7-2/h8-9,11-12,16-18H,6-7,10H2,1-5H3. The van der Waals surface area contributed by atoms with Gasteiger partial charge in [0.05, 0.1) is 7.11 Å². The van der Waals surface area contributed by atoms with Crippen molar-refractivity contribution >= 4 is 0 Å². The van der Waals surface area contributed by atoms with E-state index in [-0.39, 0.29) is 0 Å². The number of likely N-dealkylation sites (N-methyl/N-ethyl adjacent to an activating group) is 2. The maximum atomic E-state index is 5.39. The van der Waals surface area contributed by atoms with E-state index in [9.17, 15) is 0 Å². The van der Waals surface area contributed by atoms with Crippen molar-refractivity contribution in [3.05, 3.63) is 29.3 Å². The Bertz CT molecular complexity index is 447. The molecule has 0 bridgehead atoms. The molecule has 3 heteroatoms. The second-order valence-electron chi connectivity index (χ2n) is 5.79. The first-order valence-corrected chi connectivity index (χ1v) is 7.74. The van der Waals surface area contributed by atoms with Crippen LogP contribution >= 0.6 is 0 Å². The Morgan fingerprint density at radius 3 is 2.75 bits per heavy atom. The van der Waals surface area contributed by atoms with Gasteiger partial charge in [-0.3, -0.25) is 4.90 Å². The number of fused-ring (bicyclic) bond motifs is 1. The Morgan fingerprint density at radius 1 is 1.40 bits per heavy atom. The maximum absolute atomic E-state index is 5.39. The smallest absolute Gasteiger partial charge is 0.119 e. The molecule has 0 fully saturated rings. The lowest BCUT2D eigenvalue weighted by atomic mass is 10.0. The molecule has 20 heavy (non-hydrogen) atoms. The lowest BCUT2D eigenvalue weighted by Crippen LogP contribution is -2.44. The van der Waals surface area contributed by atoms with Crippen molar-refractivity contribution < 1.29 is 4.74 Å². The van der Waals surface area contributed by atoms with Crippen molar-refractivity contribution in [3.8, 4) is 5.75 Å². The number of ether oxygens (including phenoxy) is 1. The molecule has 3 atom stereocenters. The van der Waals surface area contributed by atoms with E-state index in [1.807, 2.05) is 0 Å². The third-order valence-corrected chi connectivity index (χ3v) is 4.74. The highest BCUT2D eigenvalue weighted by Crippen LogP contribution is 2.37. The number of benzene rings is 1. The zero-order chi connectivity index (χ0) is 14.7. The minimum absolute atomic E-state index is 0.407. The van der Waals surface area contributed by atoms with Gasteiger partial charge in [-0.1, -0.05) is 19.9 Å².